The standard InChI is InChI=1S/C39H45N5O9/c1-7-19(2)35(38(49)50)44-34(46)18-41-37(48)30(14-24-17-40-29-11-9-8-10-26(24)29)43-36(47)22(5)42-33(45)13-12-25-21(4)28-15-27-20(3)23(6)52-31(27)16-32(28)53-39(25)51/h8-11,15-17,19,22,30,35,40H,7,12-14,18H2,1-6H3,(H,41,48)(H,42,45)(H,43,47)(H,44,46)(H,49,50). The van der Waals surface area contributed by atoms with Gasteiger partial charge in [-0.15, -0.1) is 0 Å². The number of aromatic amines is 1. The highest BCUT2D eigenvalue weighted by Crippen LogP contribution is 2.31. The zero-order chi connectivity index (χ0) is 38.6. The summed E-state index contributed by atoms with van der Waals surface area (Å²) in [6.07, 6.45) is 2.26. The van der Waals surface area contributed by atoms with E-state index < -0.39 is 59.9 Å². The van der Waals surface area contributed by atoms with Crippen LogP contribution in [0.5, 0.6) is 0 Å². The Balaban J connectivity index is 1.24. The summed E-state index contributed by atoms with van der Waals surface area (Å²) < 4.78 is 11.4. The Kier molecular flexibility index (Phi) is 11.7. The molecule has 5 rings (SSSR count). The number of rotatable bonds is 15. The molecule has 0 radical (unpaired) electrons. The van der Waals surface area contributed by atoms with Gasteiger partial charge in [0.2, 0.25) is 23.6 Å². The van der Waals surface area contributed by atoms with E-state index >= 15 is 0 Å². The number of para-hydroxylation sites is 1. The molecule has 14 nitrogen and oxygen atoms in total. The van der Waals surface area contributed by atoms with Gasteiger partial charge in [-0.3, -0.25) is 19.2 Å². The molecule has 4 atom stereocenters. The summed E-state index contributed by atoms with van der Waals surface area (Å²) in [6, 6.07) is 7.70. The van der Waals surface area contributed by atoms with E-state index in [2.05, 4.69) is 26.3 Å². The van der Waals surface area contributed by atoms with Gasteiger partial charge in [0.05, 0.1) is 6.54 Å². The van der Waals surface area contributed by atoms with Crippen LogP contribution >= 0.6 is 0 Å². The minimum absolute atomic E-state index is 0.0513. The highest BCUT2D eigenvalue weighted by atomic mass is 16.4. The Morgan fingerprint density at radius 1 is 0.849 bits per heavy atom. The number of aromatic nitrogens is 1. The molecular formula is C39H45N5O9. The Labute approximate surface area is 305 Å². The molecule has 280 valence electrons. The summed E-state index contributed by atoms with van der Waals surface area (Å²) >= 11 is 0. The molecule has 0 saturated heterocycles. The van der Waals surface area contributed by atoms with Crippen LogP contribution in [0, 0.1) is 26.7 Å². The number of carbonyl (C=O) groups excluding carboxylic acids is 4. The third kappa shape index (κ3) is 8.59. The molecule has 0 fully saturated rings. The molecule has 14 heteroatoms. The summed E-state index contributed by atoms with van der Waals surface area (Å²) in [4.78, 5) is 80.2. The predicted molar refractivity (Wildman–Crippen MR) is 198 cm³/mol. The molecule has 3 aromatic heterocycles. The lowest BCUT2D eigenvalue weighted by molar-refractivity contribution is -0.143. The molecule has 6 N–H and O–H groups in total. The van der Waals surface area contributed by atoms with E-state index in [-0.39, 0.29) is 25.2 Å². The fourth-order valence-corrected chi connectivity index (χ4v) is 6.36. The number of benzene rings is 2. The van der Waals surface area contributed by atoms with Crippen molar-refractivity contribution in [2.45, 2.75) is 85.4 Å². The van der Waals surface area contributed by atoms with Gasteiger partial charge in [-0.1, -0.05) is 38.5 Å². The van der Waals surface area contributed by atoms with Crippen molar-refractivity contribution in [1.82, 2.24) is 26.3 Å². The van der Waals surface area contributed by atoms with Crippen molar-refractivity contribution in [1.29, 1.82) is 0 Å². The number of nitrogens with one attached hydrogen (secondary N) is 5. The van der Waals surface area contributed by atoms with Crippen molar-refractivity contribution in [3.8, 4) is 0 Å². The summed E-state index contributed by atoms with van der Waals surface area (Å²) in [5.74, 6) is -3.27. The molecule has 2 aromatic carbocycles. The zero-order valence-corrected chi connectivity index (χ0v) is 30.6. The van der Waals surface area contributed by atoms with E-state index in [1.165, 1.54) is 6.92 Å². The maximum absolute atomic E-state index is 13.4. The third-order valence-electron chi connectivity index (χ3n) is 9.91. The average Bonchev–Trinajstić information content (AvgIpc) is 3.66. The first-order chi connectivity index (χ1) is 25.2. The third-order valence-corrected chi connectivity index (χ3v) is 9.91. The molecular weight excluding hydrogens is 682 g/mol. The number of carboxylic acid groups (broad SMARTS) is 1. The lowest BCUT2D eigenvalue weighted by Crippen LogP contribution is -2.55. The summed E-state index contributed by atoms with van der Waals surface area (Å²) in [5.41, 5.74) is 4.02. The highest BCUT2D eigenvalue weighted by molar-refractivity contribution is 5.97. The lowest BCUT2D eigenvalue weighted by Gasteiger charge is -2.22. The first-order valence-corrected chi connectivity index (χ1v) is 17.6. The first-order valence-electron chi connectivity index (χ1n) is 17.6. The van der Waals surface area contributed by atoms with Crippen molar-refractivity contribution >= 4 is 62.4 Å². The van der Waals surface area contributed by atoms with Crippen LogP contribution in [0.1, 0.15) is 61.6 Å². The van der Waals surface area contributed by atoms with Crippen molar-refractivity contribution < 1.29 is 37.9 Å². The Morgan fingerprint density at radius 3 is 2.26 bits per heavy atom. The topological polar surface area (TPSA) is 213 Å². The second kappa shape index (κ2) is 16.2. The van der Waals surface area contributed by atoms with E-state index in [0.29, 0.717) is 28.7 Å². The minimum Gasteiger partial charge on any atom is -0.480 e. The van der Waals surface area contributed by atoms with Crippen molar-refractivity contribution in [2.24, 2.45) is 5.92 Å². The van der Waals surface area contributed by atoms with Gasteiger partial charge < -0.3 is 40.2 Å². The normalized spacial score (nSPS) is 13.7. The number of hydrogen-bond acceptors (Lipinski definition) is 8. The van der Waals surface area contributed by atoms with Gasteiger partial charge >= 0.3 is 11.6 Å². The second-order valence-corrected chi connectivity index (χ2v) is 13.5. The summed E-state index contributed by atoms with van der Waals surface area (Å²) in [5, 5.41) is 22.3. The molecule has 0 aliphatic heterocycles. The number of amides is 4. The van der Waals surface area contributed by atoms with Crippen LogP contribution in [0.25, 0.3) is 32.8 Å². The molecule has 0 aliphatic rings. The number of H-pyrrole nitrogens is 1. The molecule has 5 aromatic rings. The van der Waals surface area contributed by atoms with Gasteiger partial charge in [0.1, 0.15) is 35.1 Å². The maximum atomic E-state index is 13.4. The van der Waals surface area contributed by atoms with Gasteiger partial charge in [0.25, 0.3) is 0 Å². The average molecular weight is 728 g/mol. The van der Waals surface area contributed by atoms with Crippen LogP contribution in [-0.2, 0) is 36.8 Å². The second-order valence-electron chi connectivity index (χ2n) is 13.5. The quantitative estimate of drug-likeness (QED) is 0.0864. The molecule has 4 unspecified atom stereocenters. The molecule has 3 heterocycles. The van der Waals surface area contributed by atoms with Gasteiger partial charge in [-0.2, -0.15) is 0 Å². The number of furan rings is 1. The van der Waals surface area contributed by atoms with E-state index in [1.807, 2.05) is 44.2 Å². The van der Waals surface area contributed by atoms with Crippen LogP contribution in [0.2, 0.25) is 0 Å². The van der Waals surface area contributed by atoms with Gasteiger partial charge in [0.15, 0.2) is 0 Å². The summed E-state index contributed by atoms with van der Waals surface area (Å²) in [7, 11) is 0. The van der Waals surface area contributed by atoms with Gasteiger partial charge in [0, 0.05) is 52.3 Å². The maximum Gasteiger partial charge on any atom is 0.339 e. The van der Waals surface area contributed by atoms with Crippen LogP contribution < -0.4 is 26.9 Å². The van der Waals surface area contributed by atoms with Crippen molar-refractivity contribution in [2.75, 3.05) is 6.54 Å². The van der Waals surface area contributed by atoms with Crippen LogP contribution in [0.4, 0.5) is 0 Å². The first kappa shape index (κ1) is 38.3. The molecule has 4 amide bonds. The Bertz CT molecular complexity index is 2270. The zero-order valence-electron chi connectivity index (χ0n) is 30.6. The fraction of sp³-hybridized carbons (Fsp3) is 0.385. The predicted octanol–water partition coefficient (Wildman–Crippen LogP) is 3.84. The number of fused-ring (bicyclic) bond motifs is 3. The number of carbonyl (C=O) groups is 5. The lowest BCUT2D eigenvalue weighted by atomic mass is 9.99. The van der Waals surface area contributed by atoms with Crippen molar-refractivity contribution in [3.05, 3.63) is 81.0 Å². The number of aliphatic carboxylic acids is 1. The Morgan fingerprint density at radius 2 is 1.55 bits per heavy atom. The highest BCUT2D eigenvalue weighted by Gasteiger charge is 2.28. The largest absolute Gasteiger partial charge is 0.480 e. The van der Waals surface area contributed by atoms with Crippen LogP contribution in [0.3, 0.4) is 0 Å². The fourth-order valence-electron chi connectivity index (χ4n) is 6.36. The molecule has 0 bridgehead atoms. The van der Waals surface area contributed by atoms with Crippen LogP contribution in [0.15, 0.2) is 56.2 Å². The van der Waals surface area contributed by atoms with Crippen LogP contribution in [-0.4, -0.2) is 64.4 Å². The van der Waals surface area contributed by atoms with E-state index in [9.17, 15) is 33.9 Å². The molecule has 0 spiro atoms. The Hall–Kier alpha value is -5.92. The van der Waals surface area contributed by atoms with Crippen molar-refractivity contribution in [3.63, 3.8) is 0 Å². The number of aryl methyl sites for hydroxylation is 3. The number of hydrogen-bond donors (Lipinski definition) is 6. The SMILES string of the molecule is CCC(C)C(NC(=O)CNC(=O)C(Cc1c[nH]c2ccccc12)NC(=O)C(C)NC(=O)CCc1c(C)c2cc3c(C)c(C)oc3cc2oc1=O)C(=O)O. The van der Waals surface area contributed by atoms with Gasteiger partial charge in [-0.25, -0.2) is 9.59 Å². The monoisotopic (exact) mass is 727 g/mol. The van der Waals surface area contributed by atoms with E-state index in [4.69, 9.17) is 8.83 Å². The molecule has 0 aliphatic carbocycles. The minimum atomic E-state index is -1.18. The van der Waals surface area contributed by atoms with E-state index in [0.717, 1.165) is 38.6 Å². The van der Waals surface area contributed by atoms with Gasteiger partial charge in [-0.05, 0) is 68.9 Å². The number of carboxylic acids is 1. The molecule has 0 saturated carbocycles. The smallest absolute Gasteiger partial charge is 0.339 e. The summed E-state index contributed by atoms with van der Waals surface area (Å²) in [6.45, 7) is 10.1. The van der Waals surface area contributed by atoms with E-state index in [1.54, 1.807) is 33.0 Å². The molecule has 53 heavy (non-hydrogen) atoms.